The van der Waals surface area contributed by atoms with Crippen LogP contribution in [0.15, 0.2) is 0 Å². The zero-order valence-electron chi connectivity index (χ0n) is 10.4. The summed E-state index contributed by atoms with van der Waals surface area (Å²) in [6.45, 7) is 7.21. The fourth-order valence-electron chi connectivity index (χ4n) is 1.34. The van der Waals surface area contributed by atoms with Gasteiger partial charge in [-0.25, -0.2) is 4.79 Å². The molecule has 0 aliphatic heterocycles. The largest absolute Gasteiger partial charge is 0.480 e. The summed E-state index contributed by atoms with van der Waals surface area (Å²) in [5.74, 6) is -1.44. The number of aliphatic carboxylic acids is 1. The van der Waals surface area contributed by atoms with Crippen molar-refractivity contribution in [1.82, 2.24) is 5.32 Å². The van der Waals surface area contributed by atoms with Crippen LogP contribution in [-0.2, 0) is 9.59 Å². The Labute approximate surface area is 96.4 Å². The molecule has 1 amide bonds. The summed E-state index contributed by atoms with van der Waals surface area (Å²) in [5.41, 5.74) is 5.08. The van der Waals surface area contributed by atoms with Crippen molar-refractivity contribution in [3.8, 4) is 0 Å². The molecule has 5 heteroatoms. The van der Waals surface area contributed by atoms with E-state index < -0.39 is 29.4 Å². The molecule has 0 heterocycles. The minimum absolute atomic E-state index is 0.399. The second-order valence-electron chi connectivity index (χ2n) is 5.04. The Kier molecular flexibility index (Phi) is 5.44. The molecule has 0 rings (SSSR count). The van der Waals surface area contributed by atoms with Crippen LogP contribution < -0.4 is 11.1 Å². The summed E-state index contributed by atoms with van der Waals surface area (Å²) in [6, 6.07) is -1.54. The summed E-state index contributed by atoms with van der Waals surface area (Å²) in [5, 5.41) is 11.5. The van der Waals surface area contributed by atoms with E-state index in [1.165, 1.54) is 0 Å². The number of amides is 1. The number of carbonyl (C=O) groups excluding carboxylic acids is 1. The lowest BCUT2D eigenvalue weighted by Crippen LogP contribution is -2.53. The van der Waals surface area contributed by atoms with Gasteiger partial charge in [-0.05, 0) is 11.8 Å². The molecule has 0 aliphatic carbocycles. The third-order valence-corrected chi connectivity index (χ3v) is 2.34. The van der Waals surface area contributed by atoms with Crippen LogP contribution in [0.2, 0.25) is 0 Å². The van der Waals surface area contributed by atoms with Crippen LogP contribution in [0.25, 0.3) is 0 Å². The van der Waals surface area contributed by atoms with E-state index in [9.17, 15) is 9.59 Å². The van der Waals surface area contributed by atoms with Crippen LogP contribution in [0.1, 0.15) is 40.5 Å². The van der Waals surface area contributed by atoms with E-state index in [4.69, 9.17) is 10.8 Å². The topological polar surface area (TPSA) is 92.4 Å². The maximum absolute atomic E-state index is 11.6. The predicted molar refractivity (Wildman–Crippen MR) is 61.9 cm³/mol. The Morgan fingerprint density at radius 3 is 2.19 bits per heavy atom. The first-order valence-electron chi connectivity index (χ1n) is 5.49. The van der Waals surface area contributed by atoms with Gasteiger partial charge in [-0.2, -0.15) is 0 Å². The van der Waals surface area contributed by atoms with Gasteiger partial charge in [0, 0.05) is 0 Å². The van der Waals surface area contributed by atoms with Gasteiger partial charge in [0.15, 0.2) is 0 Å². The molecule has 0 spiro atoms. The molecule has 0 aliphatic rings. The van der Waals surface area contributed by atoms with Gasteiger partial charge in [0.05, 0.1) is 6.04 Å². The predicted octanol–water partition coefficient (Wildman–Crippen LogP) is 0.729. The minimum Gasteiger partial charge on any atom is -0.480 e. The van der Waals surface area contributed by atoms with Gasteiger partial charge in [-0.1, -0.05) is 34.1 Å². The van der Waals surface area contributed by atoms with Crippen LogP contribution >= 0.6 is 0 Å². The van der Waals surface area contributed by atoms with Gasteiger partial charge in [0.25, 0.3) is 0 Å². The van der Waals surface area contributed by atoms with Crippen molar-refractivity contribution in [2.45, 2.75) is 52.6 Å². The van der Waals surface area contributed by atoms with Crippen LogP contribution in [0, 0.1) is 5.41 Å². The summed E-state index contributed by atoms with van der Waals surface area (Å²) in [4.78, 5) is 22.6. The molecule has 94 valence electrons. The molecule has 16 heavy (non-hydrogen) atoms. The molecule has 2 unspecified atom stereocenters. The molecule has 4 N–H and O–H groups in total. The average Bonchev–Trinajstić information content (AvgIpc) is 2.11. The zero-order chi connectivity index (χ0) is 12.9. The number of hydrogen-bond acceptors (Lipinski definition) is 3. The number of rotatable bonds is 5. The maximum Gasteiger partial charge on any atom is 0.326 e. The molecule has 0 bridgehead atoms. The Bertz CT molecular complexity index is 258. The molecule has 0 aromatic rings. The first-order chi connectivity index (χ1) is 7.20. The number of carboxylic acids is 1. The molecule has 0 aromatic heterocycles. The maximum atomic E-state index is 11.6. The van der Waals surface area contributed by atoms with Crippen molar-refractivity contribution >= 4 is 11.9 Å². The summed E-state index contributed by atoms with van der Waals surface area (Å²) < 4.78 is 0. The SMILES string of the molecule is CCCC(N)C(=O)NC(C(=O)O)C(C)(C)C. The molecule has 0 saturated heterocycles. The summed E-state index contributed by atoms with van der Waals surface area (Å²) >= 11 is 0. The quantitative estimate of drug-likeness (QED) is 0.649. The molecule has 0 aromatic carbocycles. The third-order valence-electron chi connectivity index (χ3n) is 2.34. The molecule has 2 atom stereocenters. The van der Waals surface area contributed by atoms with Crippen molar-refractivity contribution in [3.05, 3.63) is 0 Å². The summed E-state index contributed by atoms with van der Waals surface area (Å²) in [6.07, 6.45) is 1.35. The van der Waals surface area contributed by atoms with Crippen molar-refractivity contribution in [2.24, 2.45) is 11.1 Å². The Morgan fingerprint density at radius 1 is 1.38 bits per heavy atom. The van der Waals surface area contributed by atoms with Crippen LogP contribution in [0.3, 0.4) is 0 Å². The third kappa shape index (κ3) is 4.61. The molecule has 0 radical (unpaired) electrons. The highest BCUT2D eigenvalue weighted by atomic mass is 16.4. The lowest BCUT2D eigenvalue weighted by molar-refractivity contribution is -0.145. The summed E-state index contributed by atoms with van der Waals surface area (Å²) in [7, 11) is 0. The average molecular weight is 230 g/mol. The number of nitrogens with two attached hydrogens (primary N) is 1. The van der Waals surface area contributed by atoms with Crippen LogP contribution in [0.5, 0.6) is 0 Å². The lowest BCUT2D eigenvalue weighted by atomic mass is 9.86. The fraction of sp³-hybridized carbons (Fsp3) is 0.818. The second-order valence-corrected chi connectivity index (χ2v) is 5.04. The smallest absolute Gasteiger partial charge is 0.326 e. The molecule has 5 nitrogen and oxygen atoms in total. The first kappa shape index (κ1) is 14.9. The molecule has 0 fully saturated rings. The van der Waals surface area contributed by atoms with Gasteiger partial charge in [-0.3, -0.25) is 4.79 Å². The molecule has 0 saturated carbocycles. The highest BCUT2D eigenvalue weighted by molar-refractivity contribution is 5.87. The van der Waals surface area contributed by atoms with Gasteiger partial charge >= 0.3 is 5.97 Å². The van der Waals surface area contributed by atoms with E-state index >= 15 is 0 Å². The Balaban J connectivity index is 4.54. The van der Waals surface area contributed by atoms with E-state index in [2.05, 4.69) is 5.32 Å². The number of nitrogens with one attached hydrogen (secondary N) is 1. The van der Waals surface area contributed by atoms with E-state index in [0.717, 1.165) is 6.42 Å². The van der Waals surface area contributed by atoms with Crippen molar-refractivity contribution in [3.63, 3.8) is 0 Å². The van der Waals surface area contributed by atoms with Crippen molar-refractivity contribution in [1.29, 1.82) is 0 Å². The van der Waals surface area contributed by atoms with E-state index in [1.807, 2.05) is 6.92 Å². The first-order valence-corrected chi connectivity index (χ1v) is 5.49. The van der Waals surface area contributed by atoms with Crippen LogP contribution in [-0.4, -0.2) is 29.1 Å². The highest BCUT2D eigenvalue weighted by Gasteiger charge is 2.33. The number of carbonyl (C=O) groups is 2. The normalized spacial score (nSPS) is 15.3. The van der Waals surface area contributed by atoms with E-state index in [0.29, 0.717) is 6.42 Å². The zero-order valence-corrected chi connectivity index (χ0v) is 10.4. The molecular formula is C11H22N2O3. The fourth-order valence-corrected chi connectivity index (χ4v) is 1.34. The van der Waals surface area contributed by atoms with Gasteiger partial charge in [0.1, 0.15) is 6.04 Å². The van der Waals surface area contributed by atoms with Crippen LogP contribution in [0.4, 0.5) is 0 Å². The monoisotopic (exact) mass is 230 g/mol. The second kappa shape index (κ2) is 5.84. The minimum atomic E-state index is -1.04. The number of carboxylic acid groups (broad SMARTS) is 1. The Hall–Kier alpha value is -1.10. The van der Waals surface area contributed by atoms with Crippen molar-refractivity contribution < 1.29 is 14.7 Å². The molecular weight excluding hydrogens is 208 g/mol. The van der Waals surface area contributed by atoms with Gasteiger partial charge in [0.2, 0.25) is 5.91 Å². The highest BCUT2D eigenvalue weighted by Crippen LogP contribution is 2.19. The van der Waals surface area contributed by atoms with Crippen molar-refractivity contribution in [2.75, 3.05) is 0 Å². The number of hydrogen-bond donors (Lipinski definition) is 3. The van der Waals surface area contributed by atoms with Gasteiger partial charge < -0.3 is 16.2 Å². The van der Waals surface area contributed by atoms with Gasteiger partial charge in [-0.15, -0.1) is 0 Å². The Morgan fingerprint density at radius 2 is 1.88 bits per heavy atom. The lowest BCUT2D eigenvalue weighted by Gasteiger charge is -2.28. The van der Waals surface area contributed by atoms with E-state index in [-0.39, 0.29) is 0 Å². The standard InChI is InChI=1S/C11H22N2O3/c1-5-6-7(12)9(14)13-8(10(15)16)11(2,3)4/h7-8H,5-6,12H2,1-4H3,(H,13,14)(H,15,16). The van der Waals surface area contributed by atoms with E-state index in [1.54, 1.807) is 20.8 Å².